The third-order valence-electron chi connectivity index (χ3n) is 8.24. The van der Waals surface area contributed by atoms with Crippen LogP contribution in [0.5, 0.6) is 5.75 Å². The second kappa shape index (κ2) is 14.0. The van der Waals surface area contributed by atoms with Crippen LogP contribution in [0.4, 0.5) is 10.5 Å². The summed E-state index contributed by atoms with van der Waals surface area (Å²) in [7, 11) is 0. The number of anilines is 1. The van der Waals surface area contributed by atoms with Crippen LogP contribution in [0.1, 0.15) is 41.8 Å². The SMILES string of the molecule is C[C@H]1CN(C[C@H](Cc2ccccc2)C(=O)NCC(=O)O)CC[C@@]1(C)c1cccc(OC(=O)Nc2ccc(C(=O)O)cc2)c1. The van der Waals surface area contributed by atoms with Crippen molar-refractivity contribution in [2.75, 3.05) is 31.5 Å². The highest BCUT2D eigenvalue weighted by Gasteiger charge is 2.39. The Morgan fingerprint density at radius 3 is 2.37 bits per heavy atom. The van der Waals surface area contributed by atoms with Gasteiger partial charge in [-0.05, 0) is 78.2 Å². The molecule has 0 radical (unpaired) electrons. The largest absolute Gasteiger partial charge is 0.480 e. The van der Waals surface area contributed by atoms with Crippen LogP contribution in [0.3, 0.4) is 0 Å². The third kappa shape index (κ3) is 8.42. The zero-order chi connectivity index (χ0) is 31.0. The number of ether oxygens (including phenoxy) is 1. The van der Waals surface area contributed by atoms with Gasteiger partial charge in [0.05, 0.1) is 11.5 Å². The Hall–Kier alpha value is -4.70. The van der Waals surface area contributed by atoms with Crippen molar-refractivity contribution in [3.63, 3.8) is 0 Å². The number of nitrogens with zero attached hydrogens (tertiary/aromatic N) is 1. The van der Waals surface area contributed by atoms with Crippen LogP contribution in [0.25, 0.3) is 0 Å². The number of likely N-dealkylation sites (tertiary alicyclic amines) is 1. The van der Waals surface area contributed by atoms with Gasteiger partial charge >= 0.3 is 18.0 Å². The average molecular weight is 588 g/mol. The number of aromatic carboxylic acids is 1. The van der Waals surface area contributed by atoms with Crippen LogP contribution in [-0.2, 0) is 21.4 Å². The van der Waals surface area contributed by atoms with Gasteiger partial charge in [-0.15, -0.1) is 0 Å². The molecule has 10 heteroatoms. The number of nitrogens with one attached hydrogen (secondary N) is 2. The molecule has 0 saturated carbocycles. The lowest BCUT2D eigenvalue weighted by atomic mass is 9.68. The summed E-state index contributed by atoms with van der Waals surface area (Å²) in [6.07, 6.45) is 0.646. The number of piperidine rings is 1. The van der Waals surface area contributed by atoms with E-state index in [1.54, 1.807) is 6.07 Å². The number of carboxylic acid groups (broad SMARTS) is 2. The van der Waals surface area contributed by atoms with Gasteiger partial charge in [0.15, 0.2) is 0 Å². The maximum atomic E-state index is 13.0. The molecule has 2 amide bonds. The van der Waals surface area contributed by atoms with Gasteiger partial charge in [0, 0.05) is 18.8 Å². The van der Waals surface area contributed by atoms with E-state index in [1.165, 1.54) is 24.3 Å². The van der Waals surface area contributed by atoms with Gasteiger partial charge in [-0.1, -0.05) is 56.3 Å². The standard InChI is InChI=1S/C33H37N3O7/c1-22-20-36(21-25(30(39)34-19-29(37)38)17-23-7-4-3-5-8-23)16-15-33(22,2)26-9-6-10-28(18-26)43-32(42)35-27-13-11-24(12-14-27)31(40)41/h3-14,18,22,25H,15-17,19-21H2,1-2H3,(H,34,39)(H,35,42)(H,37,38)(H,40,41)/t22-,25-,33+/m0/s1. The zero-order valence-electron chi connectivity index (χ0n) is 24.3. The first kappa shape index (κ1) is 31.2. The van der Waals surface area contributed by atoms with E-state index < -0.39 is 30.5 Å². The number of hydrogen-bond acceptors (Lipinski definition) is 6. The quantitative estimate of drug-likeness (QED) is 0.254. The van der Waals surface area contributed by atoms with Gasteiger partial charge in [0.25, 0.3) is 0 Å². The molecule has 4 N–H and O–H groups in total. The van der Waals surface area contributed by atoms with Gasteiger partial charge in [0.1, 0.15) is 12.3 Å². The highest BCUT2D eigenvalue weighted by atomic mass is 16.6. The molecule has 0 aliphatic carbocycles. The summed E-state index contributed by atoms with van der Waals surface area (Å²) >= 11 is 0. The number of carboxylic acids is 2. The van der Waals surface area contributed by atoms with Gasteiger partial charge in [-0.2, -0.15) is 0 Å². The summed E-state index contributed by atoms with van der Waals surface area (Å²) in [4.78, 5) is 49.9. The Morgan fingerprint density at radius 1 is 1.00 bits per heavy atom. The third-order valence-corrected chi connectivity index (χ3v) is 8.24. The van der Waals surface area contributed by atoms with Crippen LogP contribution in [0.15, 0.2) is 78.9 Å². The average Bonchev–Trinajstić information content (AvgIpc) is 2.98. The summed E-state index contributed by atoms with van der Waals surface area (Å²) in [5, 5.41) is 23.3. The molecule has 10 nitrogen and oxygen atoms in total. The molecule has 3 aromatic carbocycles. The van der Waals surface area contributed by atoms with Crippen LogP contribution < -0.4 is 15.4 Å². The normalized spacial score (nSPS) is 19.2. The fourth-order valence-electron chi connectivity index (χ4n) is 5.53. The topological polar surface area (TPSA) is 145 Å². The van der Waals surface area contributed by atoms with E-state index in [0.717, 1.165) is 30.6 Å². The number of rotatable bonds is 11. The Bertz CT molecular complexity index is 1440. The number of aliphatic carboxylic acids is 1. The van der Waals surface area contributed by atoms with Crippen molar-refractivity contribution in [3.8, 4) is 5.75 Å². The molecule has 43 heavy (non-hydrogen) atoms. The first-order valence-corrected chi connectivity index (χ1v) is 14.2. The lowest BCUT2D eigenvalue weighted by Gasteiger charge is -2.45. The molecule has 0 spiro atoms. The Balaban J connectivity index is 1.39. The molecule has 3 aromatic rings. The zero-order valence-corrected chi connectivity index (χ0v) is 24.3. The first-order chi connectivity index (χ1) is 20.5. The number of carbonyl (C=O) groups excluding carboxylic acids is 2. The molecule has 0 unspecified atom stereocenters. The second-order valence-corrected chi connectivity index (χ2v) is 11.3. The van der Waals surface area contributed by atoms with Gasteiger partial charge in [-0.3, -0.25) is 14.9 Å². The predicted molar refractivity (Wildman–Crippen MR) is 161 cm³/mol. The summed E-state index contributed by atoms with van der Waals surface area (Å²) in [5.41, 5.74) is 2.38. The first-order valence-electron chi connectivity index (χ1n) is 14.2. The lowest BCUT2D eigenvalue weighted by molar-refractivity contribution is -0.138. The van der Waals surface area contributed by atoms with Crippen LogP contribution in [-0.4, -0.2) is 65.2 Å². The van der Waals surface area contributed by atoms with E-state index in [-0.39, 0.29) is 22.8 Å². The van der Waals surface area contributed by atoms with E-state index in [1.807, 2.05) is 48.5 Å². The molecule has 1 fully saturated rings. The van der Waals surface area contributed by atoms with E-state index in [9.17, 15) is 19.2 Å². The monoisotopic (exact) mass is 587 g/mol. The van der Waals surface area contributed by atoms with Gasteiger partial charge in [0.2, 0.25) is 5.91 Å². The maximum absolute atomic E-state index is 13.0. The number of benzene rings is 3. The second-order valence-electron chi connectivity index (χ2n) is 11.3. The van der Waals surface area contributed by atoms with Gasteiger partial charge < -0.3 is 25.2 Å². The molecule has 1 aliphatic rings. The van der Waals surface area contributed by atoms with Crippen LogP contribution in [0.2, 0.25) is 0 Å². The summed E-state index contributed by atoms with van der Waals surface area (Å²) < 4.78 is 5.54. The molecular weight excluding hydrogens is 550 g/mol. The minimum atomic E-state index is -1.08. The van der Waals surface area contributed by atoms with E-state index >= 15 is 0 Å². The van der Waals surface area contributed by atoms with Crippen LogP contribution >= 0.6 is 0 Å². The molecule has 3 atom stereocenters. The summed E-state index contributed by atoms with van der Waals surface area (Å²) in [6.45, 7) is 5.95. The molecule has 4 rings (SSSR count). The molecule has 1 heterocycles. The maximum Gasteiger partial charge on any atom is 0.417 e. The smallest absolute Gasteiger partial charge is 0.417 e. The molecule has 0 bridgehead atoms. The number of amides is 2. The van der Waals surface area contributed by atoms with Gasteiger partial charge in [-0.25, -0.2) is 9.59 Å². The Morgan fingerprint density at radius 2 is 1.72 bits per heavy atom. The van der Waals surface area contributed by atoms with Crippen molar-refractivity contribution in [1.29, 1.82) is 0 Å². The molecule has 0 aromatic heterocycles. The van der Waals surface area contributed by atoms with Crippen molar-refractivity contribution in [2.45, 2.75) is 32.1 Å². The minimum Gasteiger partial charge on any atom is -0.480 e. The molecular formula is C33H37N3O7. The fourth-order valence-corrected chi connectivity index (χ4v) is 5.53. The van der Waals surface area contributed by atoms with Crippen molar-refractivity contribution >= 4 is 29.6 Å². The molecule has 1 aliphatic heterocycles. The Kier molecular flexibility index (Phi) is 10.2. The number of hydrogen-bond donors (Lipinski definition) is 4. The fraction of sp³-hybridized carbons (Fsp3) is 0.333. The van der Waals surface area contributed by atoms with E-state index in [2.05, 4.69) is 29.4 Å². The van der Waals surface area contributed by atoms with E-state index in [4.69, 9.17) is 14.9 Å². The lowest BCUT2D eigenvalue weighted by Crippen LogP contribution is -2.50. The van der Waals surface area contributed by atoms with Crippen molar-refractivity contribution < 1.29 is 34.1 Å². The van der Waals surface area contributed by atoms with Crippen molar-refractivity contribution in [3.05, 3.63) is 95.6 Å². The predicted octanol–water partition coefficient (Wildman–Crippen LogP) is 4.65. The van der Waals surface area contributed by atoms with E-state index in [0.29, 0.717) is 24.4 Å². The van der Waals surface area contributed by atoms with Crippen molar-refractivity contribution in [2.24, 2.45) is 11.8 Å². The summed E-state index contributed by atoms with van der Waals surface area (Å²) in [6, 6.07) is 23.0. The summed E-state index contributed by atoms with van der Waals surface area (Å²) in [5.74, 6) is -2.19. The Labute approximate surface area is 250 Å². The number of carbonyl (C=O) groups is 4. The molecule has 1 saturated heterocycles. The minimum absolute atomic E-state index is 0.119. The highest BCUT2D eigenvalue weighted by Crippen LogP contribution is 2.40. The van der Waals surface area contributed by atoms with Crippen molar-refractivity contribution in [1.82, 2.24) is 10.2 Å². The van der Waals surface area contributed by atoms with Crippen LogP contribution in [0, 0.1) is 11.8 Å². The highest BCUT2D eigenvalue weighted by molar-refractivity contribution is 5.90. The molecule has 226 valence electrons.